The number of hydrogen-bond acceptors (Lipinski definition) is 16. The minimum atomic E-state index is -1.93. The molecule has 0 bridgehead atoms. The van der Waals surface area contributed by atoms with Gasteiger partial charge >= 0.3 is 17.9 Å². The van der Waals surface area contributed by atoms with Crippen LogP contribution in [0.4, 0.5) is 0 Å². The average Bonchev–Trinajstić information content (AvgIpc) is 3.21. The predicted octanol–water partition coefficient (Wildman–Crippen LogP) is 2.59. The molecule has 5 aliphatic carbocycles. The van der Waals surface area contributed by atoms with Crippen LogP contribution in [0, 0.1) is 56.2 Å². The standard InChI is InChI=1S/C45H70O16/c1-40(2)24-11-14-45(7)34(23(46)19-21-22-20-42(4,39(54)57-10)16-15-41(22,3)17-18-44(21,45)6)43(24,5)13-12-25(40)58-38-33(29(50)28(49)32(60-38)36(53)56-9)61-37-30(51)26(47)27(48)31(59-37)35(52)55-8/h21-22,24-34,37-38,47-51H,11-20H2,1-10H3/t21?,22-,24-,25-,26-,27-,28-,29-,30+,31-,32-,33+,34+,37-,38-,41+,42-,43-,44+,45+/m0/s1. The molecule has 0 radical (unpaired) electrons. The number of aliphatic hydroxyl groups excluding tert-OH is 5. The molecule has 0 aromatic heterocycles. The second-order valence-electron chi connectivity index (χ2n) is 21.6. The van der Waals surface area contributed by atoms with Crippen LogP contribution in [0.3, 0.4) is 0 Å². The van der Waals surface area contributed by atoms with E-state index in [0.717, 1.165) is 52.7 Å². The van der Waals surface area contributed by atoms with Crippen LogP contribution in [0.25, 0.3) is 0 Å². The number of carbonyl (C=O) groups excluding carboxylic acids is 4. The number of carbonyl (C=O) groups is 4. The van der Waals surface area contributed by atoms with Crippen LogP contribution >= 0.6 is 0 Å². The Labute approximate surface area is 358 Å². The van der Waals surface area contributed by atoms with Gasteiger partial charge in [-0.3, -0.25) is 9.59 Å². The first-order valence-electron chi connectivity index (χ1n) is 22.2. The molecular formula is C45H70O16. The van der Waals surface area contributed by atoms with Gasteiger partial charge in [0.15, 0.2) is 24.8 Å². The molecule has 7 rings (SSSR count). The highest BCUT2D eigenvalue weighted by Crippen LogP contribution is 2.76. The van der Waals surface area contributed by atoms with Crippen LogP contribution in [0.1, 0.15) is 113 Å². The number of fused-ring (bicyclic) bond motifs is 7. The lowest BCUT2D eigenvalue weighted by Gasteiger charge is -2.73. The Morgan fingerprint density at radius 3 is 1.82 bits per heavy atom. The van der Waals surface area contributed by atoms with Crippen LogP contribution < -0.4 is 0 Å². The van der Waals surface area contributed by atoms with Crippen molar-refractivity contribution >= 4 is 23.7 Å². The summed E-state index contributed by atoms with van der Waals surface area (Å²) >= 11 is 0. The Hall–Kier alpha value is -2.28. The summed E-state index contributed by atoms with van der Waals surface area (Å²) in [6.45, 7) is 15.6. The Bertz CT molecular complexity index is 1720. The Morgan fingerprint density at radius 2 is 1.21 bits per heavy atom. The van der Waals surface area contributed by atoms with Gasteiger partial charge in [0.25, 0.3) is 0 Å². The second-order valence-corrected chi connectivity index (χ2v) is 21.6. The van der Waals surface area contributed by atoms with Crippen molar-refractivity contribution in [3.8, 4) is 0 Å². The average molecular weight is 867 g/mol. The molecule has 0 amide bonds. The molecule has 1 unspecified atom stereocenters. The summed E-state index contributed by atoms with van der Waals surface area (Å²) in [7, 11) is 3.61. The summed E-state index contributed by atoms with van der Waals surface area (Å²) in [6, 6.07) is 0. The van der Waals surface area contributed by atoms with Crippen LogP contribution in [-0.4, -0.2) is 138 Å². The third-order valence-corrected chi connectivity index (χ3v) is 18.3. The molecule has 2 saturated heterocycles. The molecule has 16 nitrogen and oxygen atoms in total. The summed E-state index contributed by atoms with van der Waals surface area (Å²) in [5, 5.41) is 54.5. The second kappa shape index (κ2) is 16.0. The van der Waals surface area contributed by atoms with Gasteiger partial charge < -0.3 is 58.7 Å². The molecule has 61 heavy (non-hydrogen) atoms. The molecule has 0 spiro atoms. The third-order valence-electron chi connectivity index (χ3n) is 18.3. The lowest BCUT2D eigenvalue weighted by Crippen LogP contribution is -2.70. The van der Waals surface area contributed by atoms with Crippen molar-refractivity contribution in [2.24, 2.45) is 56.2 Å². The zero-order chi connectivity index (χ0) is 45.0. The smallest absolute Gasteiger partial charge is 0.337 e. The molecule has 2 aliphatic heterocycles. The molecule has 2 heterocycles. The summed E-state index contributed by atoms with van der Waals surface area (Å²) in [5.41, 5.74) is -2.01. The molecule has 346 valence electrons. The fourth-order valence-electron chi connectivity index (χ4n) is 14.5. The SMILES string of the molecule is COC(=O)[C@H]1O[C@@H](O[C@H]2[C@@H](O[C@H]3CC[C@]4(C)[C@H]5C(=O)CC6[C@@H]7C[C@@](C)(C(=O)OC)CC[C@]7(C)CC[C@@]6(C)[C@]5(C)CC[C@H]4C3(C)C)O[C@H](C(=O)OC)[C@@H](O)[C@@H]2O)[C@H](O)[C@@H](O)[C@@H]1O. The van der Waals surface area contributed by atoms with Crippen LogP contribution in [0.15, 0.2) is 0 Å². The monoisotopic (exact) mass is 866 g/mol. The summed E-state index contributed by atoms with van der Waals surface area (Å²) in [4.78, 5) is 53.5. The number of ketones is 1. The summed E-state index contributed by atoms with van der Waals surface area (Å²) in [5.74, 6) is -1.80. The van der Waals surface area contributed by atoms with Gasteiger partial charge in [0.1, 0.15) is 42.4 Å². The largest absolute Gasteiger partial charge is 0.469 e. The van der Waals surface area contributed by atoms with E-state index in [-0.39, 0.29) is 51.7 Å². The first-order chi connectivity index (χ1) is 28.4. The topological polar surface area (TPSA) is 234 Å². The minimum Gasteiger partial charge on any atom is -0.469 e. The fourth-order valence-corrected chi connectivity index (χ4v) is 14.5. The number of aliphatic hydroxyl groups is 5. The molecule has 0 aromatic rings. The molecule has 7 fully saturated rings. The molecule has 16 heteroatoms. The van der Waals surface area contributed by atoms with Gasteiger partial charge in [-0.1, -0.05) is 41.5 Å². The summed E-state index contributed by atoms with van der Waals surface area (Å²) < 4.78 is 39.2. The van der Waals surface area contributed by atoms with Gasteiger partial charge in [0, 0.05) is 12.3 Å². The first kappa shape index (κ1) is 46.7. The van der Waals surface area contributed by atoms with Gasteiger partial charge in [0.2, 0.25) is 0 Å². The molecule has 5 saturated carbocycles. The summed E-state index contributed by atoms with van der Waals surface area (Å²) in [6.07, 6.45) is -10.9. The number of hydrogen-bond donors (Lipinski definition) is 5. The lowest BCUT2D eigenvalue weighted by molar-refractivity contribution is -0.372. The lowest BCUT2D eigenvalue weighted by atomic mass is 9.31. The number of esters is 3. The molecule has 20 atom stereocenters. The Kier molecular flexibility index (Phi) is 12.3. The number of Topliss-reactive ketones (excluding diaryl/α,β-unsaturated/α-hetero) is 1. The van der Waals surface area contributed by atoms with Crippen molar-refractivity contribution < 1.29 is 77.9 Å². The van der Waals surface area contributed by atoms with E-state index in [9.17, 15) is 39.9 Å². The van der Waals surface area contributed by atoms with Crippen molar-refractivity contribution in [2.75, 3.05) is 21.3 Å². The van der Waals surface area contributed by atoms with E-state index in [4.69, 9.17) is 33.2 Å². The maximum Gasteiger partial charge on any atom is 0.337 e. The fraction of sp³-hybridized carbons (Fsp3) is 0.911. The van der Waals surface area contributed by atoms with Gasteiger partial charge in [-0.2, -0.15) is 0 Å². The quantitative estimate of drug-likeness (QED) is 0.141. The van der Waals surface area contributed by atoms with Gasteiger partial charge in [-0.25, -0.2) is 9.59 Å². The van der Waals surface area contributed by atoms with E-state index < -0.39 is 95.7 Å². The van der Waals surface area contributed by atoms with Gasteiger partial charge in [0.05, 0.1) is 32.8 Å². The third kappa shape index (κ3) is 7.02. The Balaban J connectivity index is 1.16. The zero-order valence-electron chi connectivity index (χ0n) is 37.5. The molecule has 5 N–H and O–H groups in total. The minimum absolute atomic E-state index is 0.0112. The van der Waals surface area contributed by atoms with Crippen LogP contribution in [0.5, 0.6) is 0 Å². The molecule has 0 aromatic carbocycles. The normalized spacial score (nSPS) is 51.7. The van der Waals surface area contributed by atoms with Crippen LogP contribution in [-0.2, 0) is 52.3 Å². The molecule has 7 aliphatic rings. The highest BCUT2D eigenvalue weighted by molar-refractivity contribution is 5.85. The van der Waals surface area contributed by atoms with E-state index in [0.29, 0.717) is 25.7 Å². The van der Waals surface area contributed by atoms with E-state index in [1.54, 1.807) is 0 Å². The maximum atomic E-state index is 15.1. The van der Waals surface area contributed by atoms with E-state index in [1.807, 2.05) is 6.92 Å². The zero-order valence-corrected chi connectivity index (χ0v) is 37.5. The first-order valence-corrected chi connectivity index (χ1v) is 22.2. The van der Waals surface area contributed by atoms with Gasteiger partial charge in [-0.05, 0) is 110 Å². The van der Waals surface area contributed by atoms with Crippen LogP contribution in [0.2, 0.25) is 0 Å². The van der Waals surface area contributed by atoms with E-state index in [2.05, 4.69) is 41.5 Å². The van der Waals surface area contributed by atoms with Crippen molar-refractivity contribution in [3.63, 3.8) is 0 Å². The highest BCUT2D eigenvalue weighted by atomic mass is 16.8. The van der Waals surface area contributed by atoms with Crippen molar-refractivity contribution in [2.45, 2.75) is 180 Å². The van der Waals surface area contributed by atoms with E-state index in [1.165, 1.54) is 7.11 Å². The van der Waals surface area contributed by atoms with Crippen molar-refractivity contribution in [3.05, 3.63) is 0 Å². The Morgan fingerprint density at radius 1 is 0.623 bits per heavy atom. The van der Waals surface area contributed by atoms with Gasteiger partial charge in [-0.15, -0.1) is 0 Å². The van der Waals surface area contributed by atoms with Crippen molar-refractivity contribution in [1.82, 2.24) is 0 Å². The number of methoxy groups -OCH3 is 3. The van der Waals surface area contributed by atoms with Crippen molar-refractivity contribution in [1.29, 1.82) is 0 Å². The van der Waals surface area contributed by atoms with E-state index >= 15 is 4.79 Å². The molecular weight excluding hydrogens is 796 g/mol. The number of ether oxygens (including phenoxy) is 7. The highest BCUT2D eigenvalue weighted by Gasteiger charge is 2.72. The predicted molar refractivity (Wildman–Crippen MR) is 213 cm³/mol. The number of rotatable bonds is 7. The maximum absolute atomic E-state index is 15.1.